The van der Waals surface area contributed by atoms with Crippen LogP contribution in [0, 0.1) is 0 Å². The maximum absolute atomic E-state index is 6.32. The smallest absolute Gasteiger partial charge is 0.142 e. The van der Waals surface area contributed by atoms with Gasteiger partial charge in [0.05, 0.1) is 11.4 Å². The van der Waals surface area contributed by atoms with E-state index in [1.807, 2.05) is 12.1 Å². The Hall–Kier alpha value is -2.88. The van der Waals surface area contributed by atoms with Crippen LogP contribution in [0.15, 0.2) is 55.6 Å². The van der Waals surface area contributed by atoms with E-state index < -0.39 is 0 Å². The normalized spacial score (nSPS) is 19.7. The molecule has 0 heterocycles. The maximum Gasteiger partial charge on any atom is 0.142 e. The summed E-state index contributed by atoms with van der Waals surface area (Å²) >= 11 is 0. The van der Waals surface area contributed by atoms with E-state index in [4.69, 9.17) is 20.9 Å². The van der Waals surface area contributed by atoms with Crippen molar-refractivity contribution < 1.29 is 9.47 Å². The molecule has 2 aromatic rings. The van der Waals surface area contributed by atoms with Crippen molar-refractivity contribution in [3.8, 4) is 11.5 Å². The molecule has 2 aromatic carbocycles. The molecule has 0 radical (unpaired) electrons. The number of hydrogen-bond donors (Lipinski definition) is 2. The minimum atomic E-state index is -0.199. The van der Waals surface area contributed by atoms with Crippen LogP contribution in [0.4, 0.5) is 11.4 Å². The lowest BCUT2D eigenvalue weighted by atomic mass is 9.75. The molecule has 0 saturated carbocycles. The van der Waals surface area contributed by atoms with Crippen LogP contribution in [0.5, 0.6) is 11.5 Å². The van der Waals surface area contributed by atoms with Gasteiger partial charge in [0, 0.05) is 5.41 Å². The van der Waals surface area contributed by atoms with Crippen molar-refractivity contribution in [2.45, 2.75) is 38.0 Å². The molecule has 4 nitrogen and oxygen atoms in total. The Labute approximate surface area is 167 Å². The Balaban J connectivity index is 2.07. The molecule has 1 unspecified atom stereocenters. The fourth-order valence-corrected chi connectivity index (χ4v) is 4.39. The van der Waals surface area contributed by atoms with Crippen molar-refractivity contribution in [1.29, 1.82) is 0 Å². The Morgan fingerprint density at radius 2 is 1.50 bits per heavy atom. The fourth-order valence-electron chi connectivity index (χ4n) is 4.39. The lowest BCUT2D eigenvalue weighted by Crippen LogP contribution is -2.23. The highest BCUT2D eigenvalue weighted by Gasteiger charge is 2.46. The molecule has 1 atom stereocenters. The number of nitrogens with two attached hydrogens (primary N) is 2. The summed E-state index contributed by atoms with van der Waals surface area (Å²) in [5.74, 6) is 1.39. The number of fused-ring (bicyclic) bond motifs is 1. The number of ether oxygens (including phenoxy) is 2. The van der Waals surface area contributed by atoms with Gasteiger partial charge in [0.15, 0.2) is 0 Å². The van der Waals surface area contributed by atoms with Gasteiger partial charge in [-0.2, -0.15) is 0 Å². The van der Waals surface area contributed by atoms with E-state index in [1.54, 1.807) is 12.2 Å². The van der Waals surface area contributed by atoms with Crippen LogP contribution < -0.4 is 20.9 Å². The van der Waals surface area contributed by atoms with Crippen LogP contribution in [0.1, 0.15) is 43.9 Å². The minimum Gasteiger partial charge on any atom is -0.487 e. The summed E-state index contributed by atoms with van der Waals surface area (Å²) in [5, 5.41) is 0. The average Bonchev–Trinajstić information content (AvgIpc) is 2.85. The molecule has 0 spiro atoms. The summed E-state index contributed by atoms with van der Waals surface area (Å²) in [6.45, 7) is 15.0. The number of nitrogen functional groups attached to an aromatic ring is 2. The van der Waals surface area contributed by atoms with Crippen LogP contribution in [-0.4, -0.2) is 13.2 Å². The van der Waals surface area contributed by atoms with Gasteiger partial charge in [-0.25, -0.2) is 0 Å². The van der Waals surface area contributed by atoms with Crippen molar-refractivity contribution in [2.75, 3.05) is 24.7 Å². The van der Waals surface area contributed by atoms with Crippen molar-refractivity contribution in [3.63, 3.8) is 0 Å². The molecule has 28 heavy (non-hydrogen) atoms. The van der Waals surface area contributed by atoms with E-state index in [0.717, 1.165) is 12.0 Å². The minimum absolute atomic E-state index is 0.0170. The predicted molar refractivity (Wildman–Crippen MR) is 117 cm³/mol. The Kier molecular flexibility index (Phi) is 5.16. The van der Waals surface area contributed by atoms with Crippen LogP contribution in [-0.2, 0) is 10.8 Å². The zero-order valence-electron chi connectivity index (χ0n) is 17.0. The summed E-state index contributed by atoms with van der Waals surface area (Å²) in [6.07, 6.45) is 4.38. The van der Waals surface area contributed by atoms with E-state index in [1.165, 1.54) is 11.1 Å². The molecule has 1 aliphatic carbocycles. The third kappa shape index (κ3) is 3.35. The highest BCUT2D eigenvalue weighted by Crippen LogP contribution is 2.55. The third-order valence-electron chi connectivity index (χ3n) is 5.63. The molecule has 148 valence electrons. The summed E-state index contributed by atoms with van der Waals surface area (Å²) in [4.78, 5) is 0. The van der Waals surface area contributed by atoms with E-state index in [0.29, 0.717) is 36.1 Å². The molecule has 0 saturated heterocycles. The van der Waals surface area contributed by atoms with Crippen molar-refractivity contribution >= 4 is 11.4 Å². The van der Waals surface area contributed by atoms with Gasteiger partial charge in [-0.05, 0) is 52.8 Å². The van der Waals surface area contributed by atoms with Crippen LogP contribution in [0.2, 0.25) is 0 Å². The zero-order chi connectivity index (χ0) is 20.5. The molecule has 4 heteroatoms. The quantitative estimate of drug-likeness (QED) is 0.527. The van der Waals surface area contributed by atoms with E-state index >= 15 is 0 Å². The Morgan fingerprint density at radius 1 is 0.893 bits per heavy atom. The summed E-state index contributed by atoms with van der Waals surface area (Å²) in [7, 11) is 0. The molecule has 0 bridgehead atoms. The monoisotopic (exact) mass is 378 g/mol. The summed E-state index contributed by atoms with van der Waals surface area (Å²) < 4.78 is 11.4. The van der Waals surface area contributed by atoms with Crippen molar-refractivity contribution in [1.82, 2.24) is 0 Å². The molecule has 1 aliphatic rings. The van der Waals surface area contributed by atoms with E-state index in [9.17, 15) is 0 Å². The fraction of sp³-hybridized carbons (Fsp3) is 0.333. The predicted octanol–water partition coefficient (Wildman–Crippen LogP) is 4.97. The first kappa shape index (κ1) is 19.9. The first-order valence-corrected chi connectivity index (χ1v) is 9.55. The third-order valence-corrected chi connectivity index (χ3v) is 5.63. The van der Waals surface area contributed by atoms with Gasteiger partial charge in [0.25, 0.3) is 0 Å². The molecular weight excluding hydrogens is 348 g/mol. The van der Waals surface area contributed by atoms with Gasteiger partial charge < -0.3 is 20.9 Å². The lowest BCUT2D eigenvalue weighted by molar-refractivity contribution is 0.363. The van der Waals surface area contributed by atoms with Gasteiger partial charge in [-0.3, -0.25) is 0 Å². The second kappa shape index (κ2) is 7.27. The first-order chi connectivity index (χ1) is 13.2. The SMILES string of the molecule is C=CCOc1ccc(C2(C)CC(C)(C)c3cc(OCC=C)c(N)cc32)cc1N. The van der Waals surface area contributed by atoms with Gasteiger partial charge >= 0.3 is 0 Å². The summed E-state index contributed by atoms with van der Waals surface area (Å²) in [6, 6.07) is 10.2. The Bertz CT molecular complexity index is 917. The van der Waals surface area contributed by atoms with Crippen LogP contribution in [0.25, 0.3) is 0 Å². The van der Waals surface area contributed by atoms with E-state index in [2.05, 4.69) is 52.1 Å². The van der Waals surface area contributed by atoms with Crippen LogP contribution in [0.3, 0.4) is 0 Å². The Morgan fingerprint density at radius 3 is 2.11 bits per heavy atom. The second-order valence-electron chi connectivity index (χ2n) is 8.28. The zero-order valence-corrected chi connectivity index (χ0v) is 17.0. The van der Waals surface area contributed by atoms with Gasteiger partial charge in [-0.1, -0.05) is 52.1 Å². The largest absolute Gasteiger partial charge is 0.487 e. The molecule has 0 fully saturated rings. The van der Waals surface area contributed by atoms with E-state index in [-0.39, 0.29) is 10.8 Å². The average molecular weight is 379 g/mol. The van der Waals surface area contributed by atoms with Crippen LogP contribution >= 0.6 is 0 Å². The lowest BCUT2D eigenvalue weighted by Gasteiger charge is -2.29. The topological polar surface area (TPSA) is 70.5 Å². The standard InChI is InChI=1S/C24H30N2O2/c1-6-10-27-21-9-8-16(12-19(21)25)24(5)15-23(3,4)17-14-22(28-11-7-2)20(26)13-18(17)24/h6-9,12-14H,1-2,10-11,15,25-26H2,3-5H3. The molecule has 3 rings (SSSR count). The highest BCUT2D eigenvalue weighted by molar-refractivity contribution is 5.65. The van der Waals surface area contributed by atoms with Gasteiger partial charge in [0.2, 0.25) is 0 Å². The van der Waals surface area contributed by atoms with Gasteiger partial charge in [0.1, 0.15) is 24.7 Å². The molecular formula is C24H30N2O2. The number of hydrogen-bond acceptors (Lipinski definition) is 4. The summed E-state index contributed by atoms with van der Waals surface area (Å²) in [5.41, 5.74) is 17.3. The highest BCUT2D eigenvalue weighted by atomic mass is 16.5. The van der Waals surface area contributed by atoms with Crippen molar-refractivity contribution in [2.24, 2.45) is 0 Å². The number of benzene rings is 2. The molecule has 0 aromatic heterocycles. The van der Waals surface area contributed by atoms with Gasteiger partial charge in [-0.15, -0.1) is 0 Å². The van der Waals surface area contributed by atoms with Crippen molar-refractivity contribution in [3.05, 3.63) is 72.3 Å². The second-order valence-corrected chi connectivity index (χ2v) is 8.28. The maximum atomic E-state index is 6.32. The molecule has 0 amide bonds. The first-order valence-electron chi connectivity index (χ1n) is 9.55. The molecule has 0 aliphatic heterocycles. The number of rotatable bonds is 7. The molecule has 4 N–H and O–H groups in total. The number of anilines is 2.